The van der Waals surface area contributed by atoms with Crippen LogP contribution in [0, 0.1) is 15.8 Å². The molecule has 5 rings (SSSR count). The van der Waals surface area contributed by atoms with Crippen molar-refractivity contribution in [2.75, 3.05) is 10.9 Å². The zero-order valence-corrected chi connectivity index (χ0v) is 27.7. The van der Waals surface area contributed by atoms with E-state index in [0.717, 1.165) is 18.2 Å². The van der Waals surface area contributed by atoms with Crippen molar-refractivity contribution < 1.29 is 85.1 Å². The smallest absolute Gasteiger partial charge is 0.744 e. The zero-order chi connectivity index (χ0) is 28.8. The maximum atomic E-state index is 13.3. The van der Waals surface area contributed by atoms with Gasteiger partial charge in [0.05, 0.1) is 48.0 Å². The van der Waals surface area contributed by atoms with E-state index in [-0.39, 0.29) is 91.0 Å². The van der Waals surface area contributed by atoms with Gasteiger partial charge in [-0.3, -0.25) is 15.0 Å². The van der Waals surface area contributed by atoms with Crippen molar-refractivity contribution >= 4 is 48.1 Å². The van der Waals surface area contributed by atoms with Gasteiger partial charge in [-0.05, 0) is 54.6 Å². The van der Waals surface area contributed by atoms with Gasteiger partial charge in [0.1, 0.15) is 20.2 Å². The standard InChI is InChI=1S/C26H18N4O8S2.2Na/c27-24-21(40(36,37)38)13-20(22-23(24)26(32)19-4-2-1-3-18(19)25(22)31)28-14-5-7-15(8-6-14)29-30-16-9-11-17(12-10-16)39(33,34)35;;/h1-13,27,29-30H,(H,33,34,35)(H,36,37,38);;/q;2*+1/p-2. The molecule has 0 amide bonds. The van der Waals surface area contributed by atoms with Crippen LogP contribution < -0.4 is 91.5 Å². The SMILES string of the molecule is N=c1c(S(=O)(=O)[O-])cc(=Nc2ccc(NNc3ccc(S(=O)(=O)[O-])cc3)cc2)c2c(=O)c3ccccc3c(=O)c1=2.[Na+].[Na+]. The molecule has 0 unspecified atom stereocenters. The molecule has 0 aliphatic heterocycles. The van der Waals surface area contributed by atoms with Gasteiger partial charge >= 0.3 is 59.1 Å². The second-order valence-electron chi connectivity index (χ2n) is 8.56. The maximum absolute atomic E-state index is 13.3. The fourth-order valence-corrected chi connectivity index (χ4v) is 5.22. The molecule has 0 spiro atoms. The van der Waals surface area contributed by atoms with E-state index in [0.29, 0.717) is 11.4 Å². The first-order chi connectivity index (χ1) is 18.8. The second kappa shape index (κ2) is 12.9. The fraction of sp³-hybridized carbons (Fsp3) is 0. The summed E-state index contributed by atoms with van der Waals surface area (Å²) in [6.07, 6.45) is 0. The van der Waals surface area contributed by atoms with Crippen LogP contribution in [0.3, 0.4) is 0 Å². The summed E-state index contributed by atoms with van der Waals surface area (Å²) in [4.78, 5) is 29.5. The van der Waals surface area contributed by atoms with Crippen molar-refractivity contribution in [2.45, 2.75) is 9.79 Å². The summed E-state index contributed by atoms with van der Waals surface area (Å²) in [6, 6.07) is 18.0. The Hall–Kier alpha value is -2.76. The normalized spacial score (nSPS) is 12.0. The van der Waals surface area contributed by atoms with Crippen molar-refractivity contribution in [3.63, 3.8) is 0 Å². The Bertz CT molecular complexity index is 2330. The van der Waals surface area contributed by atoms with E-state index < -0.39 is 46.6 Å². The van der Waals surface area contributed by atoms with Gasteiger partial charge in [-0.1, -0.05) is 24.3 Å². The van der Waals surface area contributed by atoms with Crippen molar-refractivity contribution in [1.82, 2.24) is 0 Å². The summed E-state index contributed by atoms with van der Waals surface area (Å²) >= 11 is 0. The molecular formula is C26H16N4Na2O8S2. The summed E-state index contributed by atoms with van der Waals surface area (Å²) < 4.78 is 68.9. The van der Waals surface area contributed by atoms with Gasteiger partial charge in [-0.15, -0.1) is 0 Å². The third kappa shape index (κ3) is 6.73. The number of hydrogen-bond donors (Lipinski definition) is 3. The van der Waals surface area contributed by atoms with E-state index in [9.17, 15) is 35.5 Å². The van der Waals surface area contributed by atoms with Crippen LogP contribution in [0.25, 0.3) is 10.8 Å². The van der Waals surface area contributed by atoms with Gasteiger partial charge in [-0.25, -0.2) is 21.8 Å². The van der Waals surface area contributed by atoms with E-state index in [2.05, 4.69) is 15.8 Å². The maximum Gasteiger partial charge on any atom is 1.00 e. The van der Waals surface area contributed by atoms with Gasteiger partial charge in [0.25, 0.3) is 0 Å². The Morgan fingerprint density at radius 2 is 1.14 bits per heavy atom. The Morgan fingerprint density at radius 1 is 0.667 bits per heavy atom. The molecule has 0 aromatic heterocycles. The molecule has 3 aromatic rings. The van der Waals surface area contributed by atoms with Crippen LogP contribution >= 0.6 is 0 Å². The first-order valence-corrected chi connectivity index (χ1v) is 14.1. The minimum absolute atomic E-state index is 0. The van der Waals surface area contributed by atoms with Crippen molar-refractivity contribution in [3.05, 3.63) is 120 Å². The first kappa shape index (κ1) is 33.7. The van der Waals surface area contributed by atoms with Gasteiger partial charge in [0.2, 0.25) is 0 Å². The molecule has 0 bridgehead atoms. The van der Waals surface area contributed by atoms with Crippen LogP contribution in [0.2, 0.25) is 0 Å². The van der Waals surface area contributed by atoms with Crippen LogP contribution in [0.15, 0.2) is 103 Å². The van der Waals surface area contributed by atoms with E-state index in [4.69, 9.17) is 5.41 Å². The van der Waals surface area contributed by atoms with Crippen molar-refractivity contribution in [3.8, 4) is 0 Å². The van der Waals surface area contributed by atoms with Crippen LogP contribution in [0.5, 0.6) is 0 Å². The molecule has 3 N–H and O–H groups in total. The largest absolute Gasteiger partial charge is 1.00 e. The molecule has 0 fully saturated rings. The second-order valence-corrected chi connectivity index (χ2v) is 11.3. The molecule has 2 aliphatic rings. The monoisotopic (exact) mass is 622 g/mol. The summed E-state index contributed by atoms with van der Waals surface area (Å²) in [5.74, 6) is 0. The zero-order valence-electron chi connectivity index (χ0n) is 22.0. The average Bonchev–Trinajstić information content (AvgIpc) is 2.91. The third-order valence-corrected chi connectivity index (χ3v) is 7.73. The Kier molecular flexibility index (Phi) is 10.3. The van der Waals surface area contributed by atoms with E-state index >= 15 is 0 Å². The number of rotatable bonds is 6. The van der Waals surface area contributed by atoms with Gasteiger partial charge in [0.15, 0.2) is 10.9 Å². The molecule has 0 radical (unpaired) electrons. The molecule has 0 saturated carbocycles. The first-order valence-electron chi connectivity index (χ1n) is 11.3. The number of anilines is 2. The number of fused-ring (bicyclic) bond motifs is 1. The van der Waals surface area contributed by atoms with E-state index in [1.165, 1.54) is 42.5 Å². The van der Waals surface area contributed by atoms with Crippen LogP contribution in [0.4, 0.5) is 17.1 Å². The molecule has 16 heteroatoms. The third-order valence-electron chi connectivity index (χ3n) is 6.02. The van der Waals surface area contributed by atoms with Crippen LogP contribution in [-0.2, 0) is 20.2 Å². The Balaban J connectivity index is 0.00000242. The molecule has 0 heterocycles. The van der Waals surface area contributed by atoms with E-state index in [1.54, 1.807) is 18.2 Å². The van der Waals surface area contributed by atoms with Crippen LogP contribution in [-0.4, -0.2) is 25.9 Å². The summed E-state index contributed by atoms with van der Waals surface area (Å²) in [5.41, 5.74) is 5.50. The minimum atomic E-state index is -5.18. The number of nitrogens with zero attached hydrogens (tertiary/aromatic N) is 1. The van der Waals surface area contributed by atoms with Gasteiger partial charge < -0.3 is 20.0 Å². The average molecular weight is 623 g/mol. The summed E-state index contributed by atoms with van der Waals surface area (Å²) in [5, 5.41) is 6.43. The molecule has 2 aliphatic carbocycles. The summed E-state index contributed by atoms with van der Waals surface area (Å²) in [7, 11) is -9.75. The Labute approximate surface area is 282 Å². The van der Waals surface area contributed by atoms with E-state index in [1.807, 2.05) is 0 Å². The Morgan fingerprint density at radius 3 is 1.62 bits per heavy atom. The topological polar surface area (TPSA) is 209 Å². The molecule has 12 nitrogen and oxygen atoms in total. The van der Waals surface area contributed by atoms with Crippen molar-refractivity contribution in [2.24, 2.45) is 4.99 Å². The molecule has 0 saturated heterocycles. The molecule has 3 aromatic carbocycles. The fourth-order valence-electron chi connectivity index (χ4n) is 4.14. The minimum Gasteiger partial charge on any atom is -0.744 e. The number of hydrazine groups is 1. The van der Waals surface area contributed by atoms with Gasteiger partial charge in [0, 0.05) is 10.8 Å². The quantitative estimate of drug-likeness (QED) is 0.0934. The predicted octanol–water partition coefficient (Wildman–Crippen LogP) is -4.87. The number of hydrogen-bond acceptors (Lipinski definition) is 12. The molecule has 42 heavy (non-hydrogen) atoms. The van der Waals surface area contributed by atoms with Crippen molar-refractivity contribution in [1.29, 1.82) is 5.41 Å². The number of benzene rings is 3. The molecular weight excluding hydrogens is 606 g/mol. The predicted molar refractivity (Wildman–Crippen MR) is 141 cm³/mol. The number of nitrogens with one attached hydrogen (secondary N) is 3. The summed E-state index contributed by atoms with van der Waals surface area (Å²) in [6.45, 7) is 0. The molecule has 202 valence electrons. The van der Waals surface area contributed by atoms with Gasteiger partial charge in [-0.2, -0.15) is 0 Å². The van der Waals surface area contributed by atoms with Crippen LogP contribution in [0.1, 0.15) is 0 Å². The molecule has 0 atom stereocenters.